The second kappa shape index (κ2) is 6.23. The van der Waals surface area contributed by atoms with Gasteiger partial charge in [-0.3, -0.25) is 4.79 Å². The topological polar surface area (TPSA) is 101 Å². The molecule has 0 bridgehead atoms. The van der Waals surface area contributed by atoms with Gasteiger partial charge in [-0.15, -0.1) is 0 Å². The van der Waals surface area contributed by atoms with Crippen LogP contribution in [0.3, 0.4) is 0 Å². The standard InChI is InChI=1S/C13H21N3O3S/c1-8(2)15-13(17)10(4)16-20(18,19)12-6-5-11(14)7-9(12)3/h5-8,10,16H,14H2,1-4H3,(H,15,17). The highest BCUT2D eigenvalue weighted by atomic mass is 32.2. The van der Waals surface area contributed by atoms with E-state index >= 15 is 0 Å². The molecule has 1 aromatic carbocycles. The Morgan fingerprint density at radius 3 is 2.35 bits per heavy atom. The van der Waals surface area contributed by atoms with Crippen LogP contribution in [0.4, 0.5) is 5.69 Å². The fourth-order valence-electron chi connectivity index (χ4n) is 1.73. The number of hydrogen-bond donors (Lipinski definition) is 3. The van der Waals surface area contributed by atoms with E-state index < -0.39 is 16.1 Å². The lowest BCUT2D eigenvalue weighted by Crippen LogP contribution is -2.46. The van der Waals surface area contributed by atoms with Crippen molar-refractivity contribution < 1.29 is 13.2 Å². The lowest BCUT2D eigenvalue weighted by atomic mass is 10.2. The molecule has 20 heavy (non-hydrogen) atoms. The predicted molar refractivity (Wildman–Crippen MR) is 78.7 cm³/mol. The van der Waals surface area contributed by atoms with Gasteiger partial charge >= 0.3 is 0 Å². The predicted octanol–water partition coefficient (Wildman–Crippen LogP) is 0.769. The van der Waals surface area contributed by atoms with Crippen molar-refractivity contribution in [3.63, 3.8) is 0 Å². The van der Waals surface area contributed by atoms with Crippen molar-refractivity contribution in [3.05, 3.63) is 23.8 Å². The average Bonchev–Trinajstić information content (AvgIpc) is 2.26. The fraction of sp³-hybridized carbons (Fsp3) is 0.462. The summed E-state index contributed by atoms with van der Waals surface area (Å²) in [5.74, 6) is -0.364. The monoisotopic (exact) mass is 299 g/mol. The van der Waals surface area contributed by atoms with Gasteiger partial charge in [-0.1, -0.05) is 0 Å². The third-order valence-electron chi connectivity index (χ3n) is 2.64. The minimum Gasteiger partial charge on any atom is -0.399 e. The minimum atomic E-state index is -3.75. The van der Waals surface area contributed by atoms with Gasteiger partial charge in [0.2, 0.25) is 15.9 Å². The van der Waals surface area contributed by atoms with Crippen molar-refractivity contribution in [2.45, 2.75) is 44.7 Å². The van der Waals surface area contributed by atoms with Crippen molar-refractivity contribution in [3.8, 4) is 0 Å². The number of rotatable bonds is 5. The zero-order chi connectivity index (χ0) is 15.5. The Bertz CT molecular complexity index is 597. The van der Waals surface area contributed by atoms with Gasteiger partial charge in [0.25, 0.3) is 0 Å². The van der Waals surface area contributed by atoms with Crippen LogP contribution in [0.1, 0.15) is 26.3 Å². The van der Waals surface area contributed by atoms with Gasteiger partial charge in [-0.25, -0.2) is 8.42 Å². The quantitative estimate of drug-likeness (QED) is 0.699. The molecule has 1 unspecified atom stereocenters. The number of anilines is 1. The SMILES string of the molecule is Cc1cc(N)ccc1S(=O)(=O)NC(C)C(=O)NC(C)C. The van der Waals surface area contributed by atoms with Gasteiger partial charge < -0.3 is 11.1 Å². The molecule has 0 spiro atoms. The maximum atomic E-state index is 12.2. The second-order valence-electron chi connectivity index (χ2n) is 5.03. The van der Waals surface area contributed by atoms with Crippen LogP contribution in [0.5, 0.6) is 0 Å². The molecule has 112 valence electrons. The van der Waals surface area contributed by atoms with Gasteiger partial charge in [0, 0.05) is 11.7 Å². The van der Waals surface area contributed by atoms with Gasteiger partial charge in [0.15, 0.2) is 0 Å². The van der Waals surface area contributed by atoms with Crippen LogP contribution in [-0.4, -0.2) is 26.4 Å². The summed E-state index contributed by atoms with van der Waals surface area (Å²) in [5.41, 5.74) is 6.62. The Hall–Kier alpha value is -1.60. The van der Waals surface area contributed by atoms with Crippen LogP contribution in [-0.2, 0) is 14.8 Å². The Labute approximate surface area is 119 Å². The number of nitrogen functional groups attached to an aromatic ring is 1. The lowest BCUT2D eigenvalue weighted by Gasteiger charge is -2.17. The molecule has 0 heterocycles. The smallest absolute Gasteiger partial charge is 0.241 e. The molecule has 1 aromatic rings. The summed E-state index contributed by atoms with van der Waals surface area (Å²) >= 11 is 0. The van der Waals surface area contributed by atoms with E-state index in [1.807, 2.05) is 13.8 Å². The first kappa shape index (κ1) is 16.5. The van der Waals surface area contributed by atoms with Gasteiger partial charge in [0.05, 0.1) is 10.9 Å². The third kappa shape index (κ3) is 4.21. The van der Waals surface area contributed by atoms with E-state index in [0.717, 1.165) is 0 Å². The number of aryl methyl sites for hydroxylation is 1. The van der Waals surface area contributed by atoms with Crippen LogP contribution < -0.4 is 15.8 Å². The zero-order valence-electron chi connectivity index (χ0n) is 12.1. The number of nitrogens with one attached hydrogen (secondary N) is 2. The first-order valence-electron chi connectivity index (χ1n) is 6.32. The number of benzene rings is 1. The van der Waals surface area contributed by atoms with E-state index in [1.165, 1.54) is 19.1 Å². The van der Waals surface area contributed by atoms with Crippen LogP contribution in [0.15, 0.2) is 23.1 Å². The number of nitrogens with two attached hydrogens (primary N) is 1. The Kier molecular flexibility index (Phi) is 5.13. The summed E-state index contributed by atoms with van der Waals surface area (Å²) in [6, 6.07) is 3.63. The summed E-state index contributed by atoms with van der Waals surface area (Å²) in [5, 5.41) is 2.65. The summed E-state index contributed by atoms with van der Waals surface area (Å²) in [6.07, 6.45) is 0. The Balaban J connectivity index is 2.92. The van der Waals surface area contributed by atoms with Crippen molar-refractivity contribution in [2.24, 2.45) is 0 Å². The molecule has 0 aliphatic carbocycles. The normalized spacial score (nSPS) is 13.2. The largest absolute Gasteiger partial charge is 0.399 e. The molecule has 0 fully saturated rings. The maximum absolute atomic E-state index is 12.2. The van der Waals surface area contributed by atoms with E-state index in [-0.39, 0.29) is 16.8 Å². The number of carbonyl (C=O) groups is 1. The van der Waals surface area contributed by atoms with E-state index in [9.17, 15) is 13.2 Å². The third-order valence-corrected chi connectivity index (χ3v) is 4.35. The zero-order valence-corrected chi connectivity index (χ0v) is 12.9. The molecule has 0 aromatic heterocycles. The van der Waals surface area contributed by atoms with Gasteiger partial charge in [-0.2, -0.15) is 4.72 Å². The summed E-state index contributed by atoms with van der Waals surface area (Å²) < 4.78 is 26.8. The molecule has 1 rings (SSSR count). The molecule has 6 nitrogen and oxygen atoms in total. The van der Waals surface area contributed by atoms with E-state index in [2.05, 4.69) is 10.0 Å². The highest BCUT2D eigenvalue weighted by Gasteiger charge is 2.23. The highest BCUT2D eigenvalue weighted by Crippen LogP contribution is 2.17. The van der Waals surface area contributed by atoms with Crippen LogP contribution in [0, 0.1) is 6.92 Å². The fourth-order valence-corrected chi connectivity index (χ4v) is 3.16. The molecular formula is C13H21N3O3S. The summed E-state index contributed by atoms with van der Waals surface area (Å²) in [7, 11) is -3.75. The number of amides is 1. The molecule has 0 aliphatic rings. The average molecular weight is 299 g/mol. The molecule has 1 atom stereocenters. The number of hydrogen-bond acceptors (Lipinski definition) is 4. The summed E-state index contributed by atoms with van der Waals surface area (Å²) in [6.45, 7) is 6.78. The van der Waals surface area contributed by atoms with Gasteiger partial charge in [0.1, 0.15) is 0 Å². The molecule has 0 saturated heterocycles. The van der Waals surface area contributed by atoms with Crippen molar-refractivity contribution in [1.82, 2.24) is 10.0 Å². The van der Waals surface area contributed by atoms with E-state index in [4.69, 9.17) is 5.73 Å². The Morgan fingerprint density at radius 1 is 1.25 bits per heavy atom. The second-order valence-corrected chi connectivity index (χ2v) is 6.71. The van der Waals surface area contributed by atoms with Crippen LogP contribution >= 0.6 is 0 Å². The Morgan fingerprint density at radius 2 is 1.85 bits per heavy atom. The van der Waals surface area contributed by atoms with E-state index in [1.54, 1.807) is 13.0 Å². The van der Waals surface area contributed by atoms with Crippen LogP contribution in [0.25, 0.3) is 0 Å². The maximum Gasteiger partial charge on any atom is 0.241 e. The molecule has 4 N–H and O–H groups in total. The number of carbonyl (C=O) groups excluding carboxylic acids is 1. The molecule has 0 saturated carbocycles. The van der Waals surface area contributed by atoms with Gasteiger partial charge in [-0.05, 0) is 51.5 Å². The molecule has 1 amide bonds. The first-order valence-corrected chi connectivity index (χ1v) is 7.80. The van der Waals surface area contributed by atoms with Crippen molar-refractivity contribution in [1.29, 1.82) is 0 Å². The van der Waals surface area contributed by atoms with Crippen molar-refractivity contribution in [2.75, 3.05) is 5.73 Å². The summed E-state index contributed by atoms with van der Waals surface area (Å²) in [4.78, 5) is 11.9. The molecule has 7 heteroatoms. The first-order chi connectivity index (χ1) is 9.13. The van der Waals surface area contributed by atoms with Crippen LogP contribution in [0.2, 0.25) is 0 Å². The number of sulfonamides is 1. The molecule has 0 aliphatic heterocycles. The minimum absolute atomic E-state index is 0.0484. The van der Waals surface area contributed by atoms with E-state index in [0.29, 0.717) is 11.3 Å². The lowest BCUT2D eigenvalue weighted by molar-refractivity contribution is -0.122. The highest BCUT2D eigenvalue weighted by molar-refractivity contribution is 7.89. The van der Waals surface area contributed by atoms with Crippen molar-refractivity contribution >= 4 is 21.6 Å². The molecular weight excluding hydrogens is 278 g/mol. The molecule has 0 radical (unpaired) electrons.